The highest BCUT2D eigenvalue weighted by atomic mass is 32.1. The van der Waals surface area contributed by atoms with E-state index in [1.165, 1.54) is 11.3 Å². The van der Waals surface area contributed by atoms with Crippen molar-refractivity contribution in [1.29, 1.82) is 0 Å². The Balaban J connectivity index is 1.23. The molecule has 1 aliphatic rings. The normalized spacial score (nSPS) is 14.1. The number of H-pyrrole nitrogens is 1. The van der Waals surface area contributed by atoms with Crippen molar-refractivity contribution in [3.8, 4) is 17.0 Å². The lowest BCUT2D eigenvalue weighted by atomic mass is 10.2. The van der Waals surface area contributed by atoms with Gasteiger partial charge >= 0.3 is 12.0 Å². The molecule has 0 saturated carbocycles. The van der Waals surface area contributed by atoms with Crippen LogP contribution in [0.2, 0.25) is 0 Å². The summed E-state index contributed by atoms with van der Waals surface area (Å²) in [5.41, 5.74) is 1.63. The van der Waals surface area contributed by atoms with Gasteiger partial charge in [0.15, 0.2) is 11.7 Å². The zero-order chi connectivity index (χ0) is 23.0. The molecule has 12 heteroatoms. The van der Waals surface area contributed by atoms with Gasteiger partial charge in [-0.05, 0) is 29.8 Å². The summed E-state index contributed by atoms with van der Waals surface area (Å²) >= 11 is 1.45. The number of aromatic amines is 1. The molecular formula is C21H24N6O5S. The van der Waals surface area contributed by atoms with Gasteiger partial charge in [-0.2, -0.15) is 0 Å². The van der Waals surface area contributed by atoms with Crippen LogP contribution in [0.1, 0.15) is 10.7 Å². The monoisotopic (exact) mass is 472 g/mol. The van der Waals surface area contributed by atoms with E-state index in [4.69, 9.17) is 14.6 Å². The summed E-state index contributed by atoms with van der Waals surface area (Å²) < 4.78 is 10.5. The van der Waals surface area contributed by atoms with Crippen LogP contribution < -0.4 is 15.4 Å². The van der Waals surface area contributed by atoms with Crippen LogP contribution in [0.15, 0.2) is 36.7 Å². The first-order valence-corrected chi connectivity index (χ1v) is 11.2. The number of imidazole rings is 1. The largest absolute Gasteiger partial charge is 0.482 e. The molecule has 0 bridgehead atoms. The zero-order valence-electron chi connectivity index (χ0n) is 17.7. The molecule has 1 aliphatic heterocycles. The van der Waals surface area contributed by atoms with Crippen LogP contribution >= 0.6 is 11.3 Å². The fraction of sp³-hybridized carbons (Fsp3) is 0.333. The number of hydrogen-bond acceptors (Lipinski definition) is 8. The number of anilines is 1. The Bertz CT molecular complexity index is 1080. The van der Waals surface area contributed by atoms with Gasteiger partial charge in [0, 0.05) is 30.7 Å². The summed E-state index contributed by atoms with van der Waals surface area (Å²) in [6, 6.07) is 6.61. The van der Waals surface area contributed by atoms with E-state index in [1.807, 2.05) is 0 Å². The van der Waals surface area contributed by atoms with Crippen molar-refractivity contribution in [2.24, 2.45) is 0 Å². The van der Waals surface area contributed by atoms with Gasteiger partial charge in [-0.25, -0.2) is 19.6 Å². The number of carbonyl (C=O) groups excluding carboxylic acids is 1. The Morgan fingerprint density at radius 3 is 2.73 bits per heavy atom. The minimum Gasteiger partial charge on any atom is -0.482 e. The number of hydrogen-bond donors (Lipinski definition) is 4. The first kappa shape index (κ1) is 22.7. The Labute approximate surface area is 193 Å². The smallest absolute Gasteiger partial charge is 0.341 e. The van der Waals surface area contributed by atoms with Gasteiger partial charge in [0.25, 0.3) is 0 Å². The second-order valence-electron chi connectivity index (χ2n) is 7.28. The molecule has 3 heterocycles. The number of carboxylic acids is 1. The maximum Gasteiger partial charge on any atom is 0.341 e. The van der Waals surface area contributed by atoms with E-state index in [9.17, 15) is 9.59 Å². The van der Waals surface area contributed by atoms with E-state index < -0.39 is 12.6 Å². The minimum absolute atomic E-state index is 0.220. The number of aliphatic carboxylic acids is 1. The third-order valence-electron chi connectivity index (χ3n) is 4.83. The first-order chi connectivity index (χ1) is 16.0. The fourth-order valence-corrected chi connectivity index (χ4v) is 4.05. The van der Waals surface area contributed by atoms with Gasteiger partial charge in [0.1, 0.15) is 11.6 Å². The molecule has 0 atom stereocenters. The van der Waals surface area contributed by atoms with Crippen LogP contribution in [0.4, 0.5) is 9.93 Å². The van der Waals surface area contributed by atoms with Crippen LogP contribution in [0.25, 0.3) is 11.3 Å². The SMILES string of the molecule is O=C(O)COc1ccc(-c2cnc(CNC(=O)Nc3ncc(CN4CCOCC4)s3)[nH]2)cc1. The van der Waals surface area contributed by atoms with E-state index >= 15 is 0 Å². The van der Waals surface area contributed by atoms with Crippen molar-refractivity contribution >= 4 is 28.5 Å². The second kappa shape index (κ2) is 10.9. The molecule has 0 aliphatic carbocycles. The predicted octanol–water partition coefficient (Wildman–Crippen LogP) is 2.15. The molecule has 0 radical (unpaired) electrons. The number of aromatic nitrogens is 3. The van der Waals surface area contributed by atoms with Crippen LogP contribution in [-0.2, 0) is 22.6 Å². The highest BCUT2D eigenvalue weighted by molar-refractivity contribution is 7.15. The lowest BCUT2D eigenvalue weighted by Crippen LogP contribution is -2.35. The number of nitrogens with zero attached hydrogens (tertiary/aromatic N) is 3. The Morgan fingerprint density at radius 2 is 1.97 bits per heavy atom. The van der Waals surface area contributed by atoms with Gasteiger partial charge in [-0.1, -0.05) is 0 Å². The molecule has 11 nitrogen and oxygen atoms in total. The van der Waals surface area contributed by atoms with Gasteiger partial charge in [0.05, 0.1) is 31.6 Å². The summed E-state index contributed by atoms with van der Waals surface area (Å²) in [7, 11) is 0. The molecule has 0 unspecified atom stereocenters. The van der Waals surface area contributed by atoms with Gasteiger partial charge in [-0.3, -0.25) is 10.2 Å². The lowest BCUT2D eigenvalue weighted by molar-refractivity contribution is -0.139. The summed E-state index contributed by atoms with van der Waals surface area (Å²) in [4.78, 5) is 37.9. The molecule has 0 spiro atoms. The number of carboxylic acid groups (broad SMARTS) is 1. The number of urea groups is 1. The van der Waals surface area contributed by atoms with Crippen molar-refractivity contribution < 1.29 is 24.2 Å². The van der Waals surface area contributed by atoms with E-state index in [0.717, 1.165) is 49.0 Å². The molecule has 3 aromatic rings. The van der Waals surface area contributed by atoms with E-state index in [-0.39, 0.29) is 12.6 Å². The number of rotatable bonds is 9. The van der Waals surface area contributed by atoms with E-state index in [1.54, 1.807) is 36.7 Å². The van der Waals surface area contributed by atoms with Crippen LogP contribution in [0.3, 0.4) is 0 Å². The van der Waals surface area contributed by atoms with Crippen molar-refractivity contribution in [1.82, 2.24) is 25.2 Å². The summed E-state index contributed by atoms with van der Waals surface area (Å²) in [5.74, 6) is 0.0325. The number of benzene rings is 1. The highest BCUT2D eigenvalue weighted by Crippen LogP contribution is 2.22. The molecule has 33 heavy (non-hydrogen) atoms. The first-order valence-electron chi connectivity index (χ1n) is 10.3. The third-order valence-corrected chi connectivity index (χ3v) is 5.73. The molecule has 174 valence electrons. The third kappa shape index (κ3) is 6.75. The Hall–Kier alpha value is -3.48. The molecule has 2 amide bonds. The van der Waals surface area contributed by atoms with Crippen molar-refractivity contribution in [2.75, 3.05) is 38.2 Å². The molecule has 1 saturated heterocycles. The zero-order valence-corrected chi connectivity index (χ0v) is 18.6. The number of morpholine rings is 1. The fourth-order valence-electron chi connectivity index (χ4n) is 3.20. The number of nitrogens with one attached hydrogen (secondary N) is 3. The molecule has 4 rings (SSSR count). The summed E-state index contributed by atoms with van der Waals surface area (Å²) in [6.45, 7) is 3.91. The number of amides is 2. The summed E-state index contributed by atoms with van der Waals surface area (Å²) in [6.07, 6.45) is 3.45. The maximum absolute atomic E-state index is 12.2. The highest BCUT2D eigenvalue weighted by Gasteiger charge is 2.13. The van der Waals surface area contributed by atoms with Gasteiger partial charge in [0.2, 0.25) is 0 Å². The van der Waals surface area contributed by atoms with Gasteiger partial charge < -0.3 is 24.9 Å². The topological polar surface area (TPSA) is 142 Å². The predicted molar refractivity (Wildman–Crippen MR) is 121 cm³/mol. The molecule has 1 fully saturated rings. The molecule has 2 aromatic heterocycles. The molecular weight excluding hydrogens is 448 g/mol. The van der Waals surface area contributed by atoms with Crippen LogP contribution in [0.5, 0.6) is 5.75 Å². The van der Waals surface area contributed by atoms with Crippen molar-refractivity contribution in [3.63, 3.8) is 0 Å². The maximum atomic E-state index is 12.2. The number of carbonyl (C=O) groups is 2. The lowest BCUT2D eigenvalue weighted by Gasteiger charge is -2.25. The quantitative estimate of drug-likeness (QED) is 0.371. The number of ether oxygens (including phenoxy) is 2. The second-order valence-corrected chi connectivity index (χ2v) is 8.39. The van der Waals surface area contributed by atoms with E-state index in [2.05, 4.69) is 30.5 Å². The van der Waals surface area contributed by atoms with Crippen LogP contribution in [0, 0.1) is 0 Å². The van der Waals surface area contributed by atoms with Crippen molar-refractivity contribution in [2.45, 2.75) is 13.1 Å². The number of thiazole rings is 1. The van der Waals surface area contributed by atoms with Crippen molar-refractivity contribution in [3.05, 3.63) is 47.4 Å². The average molecular weight is 473 g/mol. The standard InChI is InChI=1S/C21H24N6O5S/c28-19(29)13-32-15-3-1-14(2-4-15)17-10-22-18(25-17)11-23-20(30)26-21-24-9-16(33-21)12-27-5-7-31-8-6-27/h1-4,9-10H,5-8,11-13H2,(H,22,25)(H,28,29)(H2,23,24,26,30). The molecule has 1 aromatic carbocycles. The minimum atomic E-state index is -1.03. The summed E-state index contributed by atoms with van der Waals surface area (Å²) in [5, 5.41) is 14.7. The Morgan fingerprint density at radius 1 is 1.18 bits per heavy atom. The van der Waals surface area contributed by atoms with E-state index in [0.29, 0.717) is 16.7 Å². The van der Waals surface area contributed by atoms with Crippen LogP contribution in [-0.4, -0.2) is 69.9 Å². The Kier molecular flexibility index (Phi) is 7.50. The van der Waals surface area contributed by atoms with Gasteiger partial charge in [-0.15, -0.1) is 11.3 Å². The average Bonchev–Trinajstić information content (AvgIpc) is 3.47. The molecule has 4 N–H and O–H groups in total.